The maximum absolute atomic E-state index is 5.11. The number of rotatable bonds is 4. The van der Waals surface area contributed by atoms with E-state index in [2.05, 4.69) is 13.6 Å². The Hall–Kier alpha value is -0.210. The van der Waals surface area contributed by atoms with Crippen LogP contribution in [-0.4, -0.2) is 37.8 Å². The molecule has 1 aliphatic rings. The van der Waals surface area contributed by atoms with E-state index in [1.807, 2.05) is 0 Å². The van der Waals surface area contributed by atoms with Gasteiger partial charge in [-0.2, -0.15) is 0 Å². The molecule has 2 nitrogen and oxygen atoms in total. The van der Waals surface area contributed by atoms with E-state index < -0.39 is 0 Å². The van der Waals surface area contributed by atoms with E-state index >= 15 is 0 Å². The van der Waals surface area contributed by atoms with Crippen LogP contribution in [0.5, 0.6) is 0 Å². The molecule has 1 aliphatic heterocycles. The Bertz CT molecular complexity index is 132. The number of ether oxygens (including phenoxy) is 1. The van der Waals surface area contributed by atoms with E-state index in [0.717, 1.165) is 13.2 Å². The molecule has 0 saturated carbocycles. The normalized spacial score (nSPS) is 19.8. The van der Waals surface area contributed by atoms with Crippen molar-refractivity contribution in [3.05, 3.63) is 12.8 Å². The molecule has 0 aromatic carbocycles. The van der Waals surface area contributed by atoms with Gasteiger partial charge in [-0.25, -0.2) is 0 Å². The van der Waals surface area contributed by atoms with E-state index in [9.17, 15) is 0 Å². The third-order valence-electron chi connectivity index (χ3n) is 2.51. The van der Waals surface area contributed by atoms with Crippen molar-refractivity contribution in [3.63, 3.8) is 0 Å². The van der Waals surface area contributed by atoms with Gasteiger partial charge >= 0.3 is 0 Å². The van der Waals surface area contributed by atoms with Crippen LogP contribution in [0.2, 0.25) is 0 Å². The molecule has 0 N–H and O–H groups in total. The summed E-state index contributed by atoms with van der Waals surface area (Å²) in [7, 11) is 2.31. The Labute approximate surface area is 81.2 Å². The summed E-state index contributed by atoms with van der Waals surface area (Å²) in [6.07, 6.45) is 4.29. The minimum Gasteiger partial charge on any atom is -1.00 e. The lowest BCUT2D eigenvalue weighted by Gasteiger charge is -2.28. The molecule has 1 fully saturated rings. The zero-order valence-electron chi connectivity index (χ0n) is 7.76. The number of likely N-dealkylation sites (N-methyl/N-ethyl adjacent to an activating group) is 1. The molecule has 12 heavy (non-hydrogen) atoms. The molecule has 0 bridgehead atoms. The number of halogens is 1. The zero-order chi connectivity index (χ0) is 8.16. The molecule has 1 saturated heterocycles. The van der Waals surface area contributed by atoms with Crippen LogP contribution in [0.1, 0.15) is 12.8 Å². The standard InChI is InChI=1S/C9H18NO.ClH/c1-3-11-9-8-10(2)6-4-5-7-10;/h3H,1,4-9H2,2H3;1H/q+1;/p-1. The lowest BCUT2D eigenvalue weighted by molar-refractivity contribution is -0.897. The highest BCUT2D eigenvalue weighted by Crippen LogP contribution is 2.15. The van der Waals surface area contributed by atoms with Crippen LogP contribution < -0.4 is 12.4 Å². The Balaban J connectivity index is 0.00000121. The van der Waals surface area contributed by atoms with E-state index in [1.165, 1.54) is 36.7 Å². The number of hydrogen-bond acceptors (Lipinski definition) is 1. The quantitative estimate of drug-likeness (QED) is 0.295. The van der Waals surface area contributed by atoms with Crippen LogP contribution in [-0.2, 0) is 4.74 Å². The lowest BCUT2D eigenvalue weighted by Crippen LogP contribution is -3.00. The summed E-state index contributed by atoms with van der Waals surface area (Å²) in [5.74, 6) is 0. The van der Waals surface area contributed by atoms with Gasteiger partial charge in [0.1, 0.15) is 13.2 Å². The van der Waals surface area contributed by atoms with Gasteiger partial charge in [-0.15, -0.1) is 0 Å². The second-order valence-electron chi connectivity index (χ2n) is 3.53. The van der Waals surface area contributed by atoms with Gasteiger partial charge in [-0.3, -0.25) is 0 Å². The summed E-state index contributed by atoms with van der Waals surface area (Å²) in [4.78, 5) is 0. The maximum atomic E-state index is 5.11. The highest BCUT2D eigenvalue weighted by Gasteiger charge is 2.25. The van der Waals surface area contributed by atoms with Crippen molar-refractivity contribution in [1.29, 1.82) is 0 Å². The molecule has 0 aromatic rings. The van der Waals surface area contributed by atoms with Crippen LogP contribution in [0.25, 0.3) is 0 Å². The van der Waals surface area contributed by atoms with Crippen molar-refractivity contribution in [1.82, 2.24) is 0 Å². The van der Waals surface area contributed by atoms with Crippen molar-refractivity contribution in [2.24, 2.45) is 0 Å². The van der Waals surface area contributed by atoms with Gasteiger partial charge in [-0.1, -0.05) is 6.58 Å². The van der Waals surface area contributed by atoms with E-state index in [4.69, 9.17) is 4.74 Å². The Morgan fingerprint density at radius 1 is 1.42 bits per heavy atom. The predicted molar refractivity (Wildman–Crippen MR) is 46.2 cm³/mol. The number of likely N-dealkylation sites (tertiary alicyclic amines) is 1. The van der Waals surface area contributed by atoms with Gasteiger partial charge in [0.2, 0.25) is 0 Å². The molecule has 0 aliphatic carbocycles. The fourth-order valence-corrected chi connectivity index (χ4v) is 1.68. The summed E-state index contributed by atoms with van der Waals surface area (Å²) in [5.41, 5.74) is 0. The smallest absolute Gasteiger partial charge is 0.136 e. The zero-order valence-corrected chi connectivity index (χ0v) is 8.52. The van der Waals surface area contributed by atoms with Crippen molar-refractivity contribution in [2.45, 2.75) is 12.8 Å². The topological polar surface area (TPSA) is 9.23 Å². The van der Waals surface area contributed by atoms with Crippen molar-refractivity contribution in [2.75, 3.05) is 33.3 Å². The summed E-state index contributed by atoms with van der Waals surface area (Å²) < 4.78 is 6.30. The first-order valence-corrected chi connectivity index (χ1v) is 4.33. The molecular weight excluding hydrogens is 174 g/mol. The maximum Gasteiger partial charge on any atom is 0.136 e. The average Bonchev–Trinajstić information content (AvgIpc) is 2.38. The van der Waals surface area contributed by atoms with Crippen LogP contribution in [0, 0.1) is 0 Å². The molecule has 0 amide bonds. The van der Waals surface area contributed by atoms with Crippen LogP contribution in [0.3, 0.4) is 0 Å². The van der Waals surface area contributed by atoms with Crippen molar-refractivity contribution in [3.8, 4) is 0 Å². The van der Waals surface area contributed by atoms with Crippen LogP contribution >= 0.6 is 0 Å². The van der Waals surface area contributed by atoms with E-state index in [1.54, 1.807) is 0 Å². The Morgan fingerprint density at radius 3 is 2.50 bits per heavy atom. The minimum atomic E-state index is 0. The summed E-state index contributed by atoms with van der Waals surface area (Å²) >= 11 is 0. The molecular formula is C9H18ClNO. The van der Waals surface area contributed by atoms with Crippen molar-refractivity contribution >= 4 is 0 Å². The number of hydrogen-bond donors (Lipinski definition) is 0. The monoisotopic (exact) mass is 191 g/mol. The molecule has 72 valence electrons. The molecule has 0 aromatic heterocycles. The van der Waals surface area contributed by atoms with Crippen LogP contribution in [0.15, 0.2) is 12.8 Å². The molecule has 0 unspecified atom stereocenters. The van der Waals surface area contributed by atoms with E-state index in [0.29, 0.717) is 0 Å². The first kappa shape index (κ1) is 11.8. The minimum absolute atomic E-state index is 0. The van der Waals surface area contributed by atoms with Crippen molar-refractivity contribution < 1.29 is 21.6 Å². The third-order valence-corrected chi connectivity index (χ3v) is 2.51. The van der Waals surface area contributed by atoms with Gasteiger partial charge in [-0.05, 0) is 0 Å². The van der Waals surface area contributed by atoms with Gasteiger partial charge < -0.3 is 21.6 Å². The second kappa shape index (κ2) is 5.44. The molecule has 1 heterocycles. The third kappa shape index (κ3) is 3.46. The fraction of sp³-hybridized carbons (Fsp3) is 0.778. The molecule has 1 rings (SSSR count). The summed E-state index contributed by atoms with van der Waals surface area (Å²) in [6.45, 7) is 8.11. The number of nitrogens with zero attached hydrogens (tertiary/aromatic N) is 1. The van der Waals surface area contributed by atoms with E-state index in [-0.39, 0.29) is 12.4 Å². The van der Waals surface area contributed by atoms with Gasteiger partial charge in [0.25, 0.3) is 0 Å². The first-order chi connectivity index (χ1) is 5.27. The second-order valence-corrected chi connectivity index (χ2v) is 3.53. The van der Waals surface area contributed by atoms with Gasteiger partial charge in [0, 0.05) is 12.8 Å². The molecule has 0 atom stereocenters. The van der Waals surface area contributed by atoms with Gasteiger partial charge in [0.05, 0.1) is 26.4 Å². The highest BCUT2D eigenvalue weighted by atomic mass is 35.5. The SMILES string of the molecule is C=COCC[N+]1(C)CCCC1.[Cl-]. The first-order valence-electron chi connectivity index (χ1n) is 4.33. The average molecular weight is 192 g/mol. The molecule has 3 heteroatoms. The molecule has 0 radical (unpaired) electrons. The molecule has 0 spiro atoms. The summed E-state index contributed by atoms with van der Waals surface area (Å²) in [5, 5.41) is 0. The Kier molecular flexibility index (Phi) is 5.34. The Morgan fingerprint density at radius 2 is 2.00 bits per heavy atom. The number of quaternary nitrogens is 1. The van der Waals surface area contributed by atoms with Crippen LogP contribution in [0.4, 0.5) is 0 Å². The largest absolute Gasteiger partial charge is 1.00 e. The summed E-state index contributed by atoms with van der Waals surface area (Å²) in [6, 6.07) is 0. The predicted octanol–water partition coefficient (Wildman–Crippen LogP) is -1.61. The highest BCUT2D eigenvalue weighted by molar-refractivity contribution is 4.53. The van der Waals surface area contributed by atoms with Gasteiger partial charge in [0.15, 0.2) is 0 Å². The fourth-order valence-electron chi connectivity index (χ4n) is 1.68. The lowest BCUT2D eigenvalue weighted by atomic mass is 10.4.